The molecule has 4 rings (SSSR count). The summed E-state index contributed by atoms with van der Waals surface area (Å²) in [5.74, 6) is 0.553. The fourth-order valence-corrected chi connectivity index (χ4v) is 4.08. The minimum Gasteiger partial charge on any atom is -0.483 e. The Morgan fingerprint density at radius 3 is 2.31 bits per heavy atom. The average molecular weight is 470 g/mol. The fraction of sp³-hybridized carbons (Fsp3) is 0.241. The zero-order chi connectivity index (χ0) is 24.6. The lowest BCUT2D eigenvalue weighted by atomic mass is 10.1. The number of carbonyl (C=O) groups is 2. The van der Waals surface area contributed by atoms with Gasteiger partial charge in [-0.25, -0.2) is 0 Å². The van der Waals surface area contributed by atoms with E-state index in [9.17, 15) is 9.59 Å². The first-order valence-electron chi connectivity index (χ1n) is 11.8. The lowest BCUT2D eigenvalue weighted by Gasteiger charge is -2.35. The van der Waals surface area contributed by atoms with Crippen LogP contribution in [0.4, 0.5) is 11.4 Å². The predicted octanol–water partition coefficient (Wildman–Crippen LogP) is 4.68. The molecular formula is C29H31N3O3. The quantitative estimate of drug-likeness (QED) is 0.511. The van der Waals surface area contributed by atoms with Crippen molar-refractivity contribution in [3.8, 4) is 5.75 Å². The number of hydrogen-bond donors (Lipinski definition) is 1. The number of hydrogen-bond acceptors (Lipinski definition) is 4. The molecule has 0 bridgehead atoms. The predicted molar refractivity (Wildman–Crippen MR) is 141 cm³/mol. The van der Waals surface area contributed by atoms with Gasteiger partial charge in [-0.2, -0.15) is 0 Å². The Morgan fingerprint density at radius 2 is 1.63 bits per heavy atom. The van der Waals surface area contributed by atoms with Crippen molar-refractivity contribution in [3.63, 3.8) is 0 Å². The molecule has 0 radical (unpaired) electrons. The van der Waals surface area contributed by atoms with Gasteiger partial charge in [0.05, 0.1) is 0 Å². The molecular weight excluding hydrogens is 438 g/mol. The molecule has 1 aliphatic rings. The van der Waals surface area contributed by atoms with E-state index in [1.165, 1.54) is 0 Å². The molecule has 2 amide bonds. The van der Waals surface area contributed by atoms with Crippen molar-refractivity contribution >= 4 is 29.3 Å². The van der Waals surface area contributed by atoms with Crippen LogP contribution < -0.4 is 15.0 Å². The summed E-state index contributed by atoms with van der Waals surface area (Å²) in [7, 11) is 0. The maximum Gasteiger partial charge on any atom is 0.262 e. The van der Waals surface area contributed by atoms with Gasteiger partial charge in [0, 0.05) is 43.6 Å². The van der Waals surface area contributed by atoms with Crippen molar-refractivity contribution in [1.82, 2.24) is 4.90 Å². The molecule has 1 aliphatic heterocycles. The Balaban J connectivity index is 1.23. The standard InChI is InChI=1S/C29H31N3O3/c1-22-8-14-27(23(2)20-22)35-21-28(33)30-25-10-12-26(13-11-25)31-16-18-32(19-17-31)29(34)15-9-24-6-4-3-5-7-24/h3-15,20H,16-19,21H2,1-2H3,(H,30,33)/b15-9+. The molecule has 180 valence electrons. The van der Waals surface area contributed by atoms with Gasteiger partial charge in [-0.15, -0.1) is 0 Å². The highest BCUT2D eigenvalue weighted by molar-refractivity contribution is 5.92. The van der Waals surface area contributed by atoms with E-state index in [1.807, 2.05) is 97.6 Å². The van der Waals surface area contributed by atoms with E-state index in [1.54, 1.807) is 6.08 Å². The van der Waals surface area contributed by atoms with E-state index in [0.717, 1.165) is 41.2 Å². The van der Waals surface area contributed by atoms with E-state index in [-0.39, 0.29) is 18.4 Å². The Morgan fingerprint density at radius 1 is 0.914 bits per heavy atom. The van der Waals surface area contributed by atoms with Crippen LogP contribution in [0.5, 0.6) is 5.75 Å². The van der Waals surface area contributed by atoms with E-state index >= 15 is 0 Å². The molecule has 0 atom stereocenters. The van der Waals surface area contributed by atoms with E-state index in [2.05, 4.69) is 10.2 Å². The zero-order valence-electron chi connectivity index (χ0n) is 20.2. The van der Waals surface area contributed by atoms with Gasteiger partial charge in [-0.3, -0.25) is 9.59 Å². The highest BCUT2D eigenvalue weighted by Crippen LogP contribution is 2.21. The number of nitrogens with one attached hydrogen (secondary N) is 1. The smallest absolute Gasteiger partial charge is 0.262 e. The van der Waals surface area contributed by atoms with Crippen LogP contribution in [-0.2, 0) is 9.59 Å². The summed E-state index contributed by atoms with van der Waals surface area (Å²) < 4.78 is 5.66. The number of benzene rings is 3. The molecule has 0 aromatic heterocycles. The van der Waals surface area contributed by atoms with Crippen LogP contribution in [0.1, 0.15) is 16.7 Å². The number of nitrogens with zero attached hydrogens (tertiary/aromatic N) is 2. The molecule has 0 aliphatic carbocycles. The molecule has 1 fully saturated rings. The summed E-state index contributed by atoms with van der Waals surface area (Å²) in [5.41, 5.74) is 4.98. The van der Waals surface area contributed by atoms with Crippen LogP contribution in [0, 0.1) is 13.8 Å². The Labute approximate surface area is 206 Å². The highest BCUT2D eigenvalue weighted by Gasteiger charge is 2.20. The molecule has 3 aromatic carbocycles. The molecule has 0 spiro atoms. The molecule has 6 heteroatoms. The maximum absolute atomic E-state index is 12.5. The highest BCUT2D eigenvalue weighted by atomic mass is 16.5. The van der Waals surface area contributed by atoms with E-state index in [4.69, 9.17) is 4.74 Å². The van der Waals surface area contributed by atoms with Gasteiger partial charge in [-0.1, -0.05) is 48.0 Å². The molecule has 35 heavy (non-hydrogen) atoms. The molecule has 1 N–H and O–H groups in total. The fourth-order valence-electron chi connectivity index (χ4n) is 4.08. The summed E-state index contributed by atoms with van der Waals surface area (Å²) in [6.07, 6.45) is 3.50. The van der Waals surface area contributed by atoms with Crippen molar-refractivity contribution in [2.24, 2.45) is 0 Å². The number of anilines is 2. The third-order valence-electron chi connectivity index (χ3n) is 6.01. The number of carbonyl (C=O) groups excluding carboxylic acids is 2. The molecule has 0 saturated carbocycles. The first-order valence-corrected chi connectivity index (χ1v) is 11.8. The van der Waals surface area contributed by atoms with Gasteiger partial charge in [0.15, 0.2) is 6.61 Å². The third kappa shape index (κ3) is 6.73. The van der Waals surface area contributed by atoms with Crippen molar-refractivity contribution in [3.05, 3.63) is 95.6 Å². The lowest BCUT2D eigenvalue weighted by Crippen LogP contribution is -2.48. The minimum absolute atomic E-state index is 0.0367. The number of piperazine rings is 1. The number of amides is 2. The monoisotopic (exact) mass is 469 g/mol. The Hall–Kier alpha value is -4.06. The second-order valence-electron chi connectivity index (χ2n) is 8.71. The van der Waals surface area contributed by atoms with Crippen LogP contribution in [0.25, 0.3) is 6.08 Å². The Bertz CT molecular complexity index is 1180. The van der Waals surface area contributed by atoms with Crippen LogP contribution in [-0.4, -0.2) is 49.5 Å². The van der Waals surface area contributed by atoms with Gasteiger partial charge >= 0.3 is 0 Å². The summed E-state index contributed by atoms with van der Waals surface area (Å²) in [5, 5.41) is 2.88. The SMILES string of the molecule is Cc1ccc(OCC(=O)Nc2ccc(N3CCN(C(=O)/C=C/c4ccccc4)CC3)cc2)c(C)c1. The summed E-state index contributed by atoms with van der Waals surface area (Å²) in [6, 6.07) is 23.5. The topological polar surface area (TPSA) is 61.9 Å². The van der Waals surface area contributed by atoms with Crippen molar-refractivity contribution in [1.29, 1.82) is 0 Å². The molecule has 3 aromatic rings. The number of ether oxygens (including phenoxy) is 1. The van der Waals surface area contributed by atoms with Gasteiger partial charge < -0.3 is 19.9 Å². The van der Waals surface area contributed by atoms with Crippen LogP contribution >= 0.6 is 0 Å². The van der Waals surface area contributed by atoms with E-state index in [0.29, 0.717) is 18.8 Å². The second kappa shape index (κ2) is 11.4. The zero-order valence-corrected chi connectivity index (χ0v) is 20.2. The van der Waals surface area contributed by atoms with Crippen molar-refractivity contribution in [2.75, 3.05) is 43.0 Å². The van der Waals surface area contributed by atoms with Crippen LogP contribution in [0.2, 0.25) is 0 Å². The molecule has 6 nitrogen and oxygen atoms in total. The normalized spacial score (nSPS) is 13.7. The van der Waals surface area contributed by atoms with Crippen LogP contribution in [0.15, 0.2) is 78.9 Å². The first-order chi connectivity index (χ1) is 17.0. The van der Waals surface area contributed by atoms with Gasteiger partial charge in [0.2, 0.25) is 5.91 Å². The van der Waals surface area contributed by atoms with E-state index < -0.39 is 0 Å². The largest absolute Gasteiger partial charge is 0.483 e. The third-order valence-corrected chi connectivity index (χ3v) is 6.01. The van der Waals surface area contributed by atoms with Gasteiger partial charge in [-0.05, 0) is 61.4 Å². The molecule has 1 saturated heterocycles. The lowest BCUT2D eigenvalue weighted by molar-refractivity contribution is -0.126. The van der Waals surface area contributed by atoms with Crippen molar-refractivity contribution < 1.29 is 14.3 Å². The van der Waals surface area contributed by atoms with Crippen molar-refractivity contribution in [2.45, 2.75) is 13.8 Å². The first kappa shape index (κ1) is 24.1. The maximum atomic E-state index is 12.5. The summed E-state index contributed by atoms with van der Waals surface area (Å²) in [4.78, 5) is 28.9. The molecule has 1 heterocycles. The van der Waals surface area contributed by atoms with Crippen LogP contribution in [0.3, 0.4) is 0 Å². The summed E-state index contributed by atoms with van der Waals surface area (Å²) >= 11 is 0. The average Bonchev–Trinajstić information content (AvgIpc) is 2.88. The minimum atomic E-state index is -0.201. The van der Waals surface area contributed by atoms with Gasteiger partial charge in [0.1, 0.15) is 5.75 Å². The summed E-state index contributed by atoms with van der Waals surface area (Å²) in [6.45, 7) is 6.83. The second-order valence-corrected chi connectivity index (χ2v) is 8.71. The van der Waals surface area contributed by atoms with Gasteiger partial charge in [0.25, 0.3) is 5.91 Å². The number of rotatable bonds is 7. The number of aryl methyl sites for hydroxylation is 2. The molecule has 0 unspecified atom stereocenters. The Kier molecular flexibility index (Phi) is 7.83.